The number of primary amides is 1. The Morgan fingerprint density at radius 3 is 1.72 bits per heavy atom. The second kappa shape index (κ2) is 14.5. The molecule has 1 amide bonds. The first kappa shape index (κ1) is 17.4. The summed E-state index contributed by atoms with van der Waals surface area (Å²) in [5.41, 5.74) is 4.97. The Morgan fingerprint density at radius 2 is 1.28 bits per heavy atom. The summed E-state index contributed by atoms with van der Waals surface area (Å²) < 4.78 is 5.10. The molecule has 0 aromatic rings. The van der Waals surface area contributed by atoms with E-state index in [0.29, 0.717) is 6.61 Å². The second-order valence-electron chi connectivity index (χ2n) is 5.05. The fourth-order valence-corrected chi connectivity index (χ4v) is 2.04. The van der Waals surface area contributed by atoms with Crippen molar-refractivity contribution in [1.82, 2.24) is 0 Å². The molecule has 108 valence electrons. The first-order valence-electron chi connectivity index (χ1n) is 7.63. The van der Waals surface area contributed by atoms with Crippen molar-refractivity contribution in [3.8, 4) is 0 Å². The highest BCUT2D eigenvalue weighted by atomic mass is 16.5. The average Bonchev–Trinajstić information content (AvgIpc) is 2.34. The van der Waals surface area contributed by atoms with Crippen molar-refractivity contribution in [2.24, 2.45) is 5.73 Å². The first-order valence-corrected chi connectivity index (χ1v) is 7.63. The van der Waals surface area contributed by atoms with Gasteiger partial charge in [0, 0.05) is 6.61 Å². The maximum absolute atomic E-state index is 10.4. The van der Waals surface area contributed by atoms with Gasteiger partial charge < -0.3 is 10.5 Å². The molecule has 0 saturated carbocycles. The predicted molar refractivity (Wildman–Crippen MR) is 76.5 cm³/mol. The number of nitrogens with two attached hydrogens (primary N) is 1. The largest absolute Gasteiger partial charge is 0.372 e. The normalized spacial score (nSPS) is 10.7. The molecule has 0 rings (SSSR count). The molecule has 0 aliphatic heterocycles. The van der Waals surface area contributed by atoms with E-state index in [9.17, 15) is 4.79 Å². The molecule has 0 aliphatic rings. The molecule has 0 unspecified atom stereocenters. The summed E-state index contributed by atoms with van der Waals surface area (Å²) in [6, 6.07) is 0. The van der Waals surface area contributed by atoms with Gasteiger partial charge in [-0.1, -0.05) is 71.1 Å². The summed E-state index contributed by atoms with van der Waals surface area (Å²) in [5.74, 6) is -0.377. The summed E-state index contributed by atoms with van der Waals surface area (Å²) in [4.78, 5) is 10.4. The summed E-state index contributed by atoms with van der Waals surface area (Å²) in [6.45, 7) is 2.99. The van der Waals surface area contributed by atoms with Gasteiger partial charge in [0.05, 0.1) is 0 Å². The molecule has 0 aromatic heterocycles. The van der Waals surface area contributed by atoms with Crippen LogP contribution in [-0.4, -0.2) is 19.1 Å². The fraction of sp³-hybridized carbons (Fsp3) is 0.933. The Hall–Kier alpha value is -0.570. The van der Waals surface area contributed by atoms with Crippen LogP contribution in [0.3, 0.4) is 0 Å². The van der Waals surface area contributed by atoms with E-state index in [1.54, 1.807) is 0 Å². The van der Waals surface area contributed by atoms with Crippen LogP contribution in [-0.2, 0) is 9.53 Å². The molecule has 0 fully saturated rings. The van der Waals surface area contributed by atoms with Crippen molar-refractivity contribution in [2.75, 3.05) is 13.2 Å². The topological polar surface area (TPSA) is 52.3 Å². The third kappa shape index (κ3) is 15.4. The van der Waals surface area contributed by atoms with Crippen LogP contribution >= 0.6 is 0 Å². The Morgan fingerprint density at radius 1 is 0.833 bits per heavy atom. The third-order valence-electron chi connectivity index (χ3n) is 3.14. The number of unbranched alkanes of at least 4 members (excludes halogenated alkanes) is 10. The number of hydrogen-bond acceptors (Lipinski definition) is 2. The van der Waals surface area contributed by atoms with E-state index in [2.05, 4.69) is 6.92 Å². The molecule has 0 atom stereocenters. The minimum atomic E-state index is -0.377. The summed E-state index contributed by atoms with van der Waals surface area (Å²) in [7, 11) is 0. The van der Waals surface area contributed by atoms with Gasteiger partial charge in [-0.25, -0.2) is 0 Å². The molecular formula is C15H31NO2. The van der Waals surface area contributed by atoms with Gasteiger partial charge >= 0.3 is 0 Å². The molecule has 0 spiro atoms. The number of ether oxygens (including phenoxy) is 1. The SMILES string of the molecule is CCCCCCCCCCCCCOCC(N)=O. The van der Waals surface area contributed by atoms with Gasteiger partial charge in [0.2, 0.25) is 5.91 Å². The standard InChI is InChI=1S/C15H31NO2/c1-2-3-4-5-6-7-8-9-10-11-12-13-18-14-15(16)17/h2-14H2,1H3,(H2,16,17). The lowest BCUT2D eigenvalue weighted by molar-refractivity contribution is -0.122. The number of rotatable bonds is 14. The molecule has 3 nitrogen and oxygen atoms in total. The molecule has 3 heteroatoms. The molecule has 18 heavy (non-hydrogen) atoms. The lowest BCUT2D eigenvalue weighted by Crippen LogP contribution is -2.18. The van der Waals surface area contributed by atoms with Crippen LogP contribution in [0, 0.1) is 0 Å². The van der Waals surface area contributed by atoms with Crippen molar-refractivity contribution in [3.63, 3.8) is 0 Å². The zero-order chi connectivity index (χ0) is 13.5. The summed E-state index contributed by atoms with van der Waals surface area (Å²) >= 11 is 0. The van der Waals surface area contributed by atoms with Gasteiger partial charge in [-0.15, -0.1) is 0 Å². The van der Waals surface area contributed by atoms with Crippen LogP contribution in [0.15, 0.2) is 0 Å². The lowest BCUT2D eigenvalue weighted by atomic mass is 10.1. The van der Waals surface area contributed by atoms with Crippen LogP contribution in [0.4, 0.5) is 0 Å². The predicted octanol–water partition coefficient (Wildman–Crippen LogP) is 3.80. The smallest absolute Gasteiger partial charge is 0.243 e. The number of hydrogen-bond donors (Lipinski definition) is 1. The Labute approximate surface area is 112 Å². The fourth-order valence-electron chi connectivity index (χ4n) is 2.04. The van der Waals surface area contributed by atoms with Gasteiger partial charge in [-0.3, -0.25) is 4.79 Å². The number of amides is 1. The van der Waals surface area contributed by atoms with Crippen molar-refractivity contribution in [1.29, 1.82) is 0 Å². The Bertz CT molecular complexity index is 183. The highest BCUT2D eigenvalue weighted by molar-refractivity contribution is 5.74. The maximum Gasteiger partial charge on any atom is 0.243 e. The minimum Gasteiger partial charge on any atom is -0.372 e. The second-order valence-corrected chi connectivity index (χ2v) is 5.05. The molecule has 0 aromatic carbocycles. The lowest BCUT2D eigenvalue weighted by Gasteiger charge is -2.03. The molecule has 0 heterocycles. The van der Waals surface area contributed by atoms with E-state index in [0.717, 1.165) is 6.42 Å². The molecule has 0 radical (unpaired) electrons. The Kier molecular flexibility index (Phi) is 14.0. The summed E-state index contributed by atoms with van der Waals surface area (Å²) in [6.07, 6.45) is 14.6. The van der Waals surface area contributed by atoms with E-state index in [1.807, 2.05) is 0 Å². The van der Waals surface area contributed by atoms with Crippen molar-refractivity contribution >= 4 is 5.91 Å². The van der Waals surface area contributed by atoms with Crippen LogP contribution in [0.2, 0.25) is 0 Å². The van der Waals surface area contributed by atoms with E-state index >= 15 is 0 Å². The zero-order valence-electron chi connectivity index (χ0n) is 12.1. The number of carbonyl (C=O) groups is 1. The molecule has 0 bridgehead atoms. The van der Waals surface area contributed by atoms with Crippen molar-refractivity contribution < 1.29 is 9.53 Å². The number of carbonyl (C=O) groups excluding carboxylic acids is 1. The van der Waals surface area contributed by atoms with Crippen LogP contribution in [0.25, 0.3) is 0 Å². The highest BCUT2D eigenvalue weighted by Crippen LogP contribution is 2.11. The van der Waals surface area contributed by atoms with Crippen molar-refractivity contribution in [2.45, 2.75) is 77.6 Å². The maximum atomic E-state index is 10.4. The monoisotopic (exact) mass is 257 g/mol. The van der Waals surface area contributed by atoms with Crippen LogP contribution in [0.1, 0.15) is 77.6 Å². The zero-order valence-corrected chi connectivity index (χ0v) is 12.1. The van der Waals surface area contributed by atoms with Crippen LogP contribution < -0.4 is 5.73 Å². The highest BCUT2D eigenvalue weighted by Gasteiger charge is 1.95. The average molecular weight is 257 g/mol. The van der Waals surface area contributed by atoms with Crippen molar-refractivity contribution in [3.05, 3.63) is 0 Å². The van der Waals surface area contributed by atoms with Gasteiger partial charge in [0.25, 0.3) is 0 Å². The molecule has 2 N–H and O–H groups in total. The minimum absolute atomic E-state index is 0.0672. The third-order valence-corrected chi connectivity index (χ3v) is 3.14. The van der Waals surface area contributed by atoms with E-state index in [1.165, 1.54) is 64.2 Å². The van der Waals surface area contributed by atoms with Gasteiger partial charge in [0.1, 0.15) is 6.61 Å². The van der Waals surface area contributed by atoms with E-state index in [-0.39, 0.29) is 12.5 Å². The first-order chi connectivity index (χ1) is 8.77. The Balaban J connectivity index is 2.92. The molecule has 0 aliphatic carbocycles. The van der Waals surface area contributed by atoms with Gasteiger partial charge in [-0.2, -0.15) is 0 Å². The molecule has 0 saturated heterocycles. The van der Waals surface area contributed by atoms with Gasteiger partial charge in [0.15, 0.2) is 0 Å². The van der Waals surface area contributed by atoms with Gasteiger partial charge in [-0.05, 0) is 6.42 Å². The molecular weight excluding hydrogens is 226 g/mol. The summed E-state index contributed by atoms with van der Waals surface area (Å²) in [5, 5.41) is 0. The van der Waals surface area contributed by atoms with E-state index in [4.69, 9.17) is 10.5 Å². The van der Waals surface area contributed by atoms with Crippen LogP contribution in [0.5, 0.6) is 0 Å². The quantitative estimate of drug-likeness (QED) is 0.481. The van der Waals surface area contributed by atoms with E-state index < -0.39 is 0 Å².